The van der Waals surface area contributed by atoms with Gasteiger partial charge in [-0.3, -0.25) is 4.79 Å². The van der Waals surface area contributed by atoms with Crippen molar-refractivity contribution in [2.45, 2.75) is 6.54 Å². The summed E-state index contributed by atoms with van der Waals surface area (Å²) in [5, 5.41) is 4.62. The second-order valence-corrected chi connectivity index (χ2v) is 5.80. The van der Waals surface area contributed by atoms with Crippen LogP contribution in [0.1, 0.15) is 5.56 Å². The Morgan fingerprint density at radius 3 is 2.54 bits per heavy atom. The van der Waals surface area contributed by atoms with Crippen molar-refractivity contribution >= 4 is 10.9 Å². The van der Waals surface area contributed by atoms with Crippen LogP contribution in [0.5, 0.6) is 0 Å². The van der Waals surface area contributed by atoms with Crippen molar-refractivity contribution < 1.29 is 8.78 Å². The van der Waals surface area contributed by atoms with E-state index in [0.717, 1.165) is 22.4 Å². The van der Waals surface area contributed by atoms with Crippen LogP contribution in [0.15, 0.2) is 59.5 Å². The van der Waals surface area contributed by atoms with Crippen molar-refractivity contribution in [3.63, 3.8) is 0 Å². The lowest BCUT2D eigenvalue weighted by Crippen LogP contribution is -2.06. The highest BCUT2D eigenvalue weighted by molar-refractivity contribution is 5.93. The van der Waals surface area contributed by atoms with Gasteiger partial charge in [-0.05, 0) is 29.8 Å². The average Bonchev–Trinajstić information content (AvgIpc) is 3.02. The van der Waals surface area contributed by atoms with E-state index in [1.807, 2.05) is 6.07 Å². The maximum atomic E-state index is 14.3. The number of fused-ring (bicyclic) bond motifs is 1. The minimum absolute atomic E-state index is 0.254. The standard InChI is InChI=1S/C19H14F2N4O/c20-13-5-2-6-14(21)18(13)25-15-7-8-23-19(26)16(15)17(24-25)12-4-1-3-11(9-12)10-22/h1-9H,10,22H2,(H,23,26). The molecule has 0 aliphatic carbocycles. The molecule has 0 radical (unpaired) electrons. The van der Waals surface area contributed by atoms with Gasteiger partial charge in [-0.1, -0.05) is 24.3 Å². The molecule has 2 heterocycles. The molecule has 0 fully saturated rings. The summed E-state index contributed by atoms with van der Waals surface area (Å²) in [7, 11) is 0. The van der Waals surface area contributed by atoms with E-state index < -0.39 is 17.2 Å². The van der Waals surface area contributed by atoms with Gasteiger partial charge in [0.2, 0.25) is 0 Å². The van der Waals surface area contributed by atoms with Gasteiger partial charge in [-0.15, -0.1) is 0 Å². The normalized spacial score (nSPS) is 11.2. The Morgan fingerprint density at radius 1 is 1.08 bits per heavy atom. The fourth-order valence-corrected chi connectivity index (χ4v) is 2.99. The van der Waals surface area contributed by atoms with Crippen molar-refractivity contribution in [2.24, 2.45) is 5.73 Å². The van der Waals surface area contributed by atoms with Gasteiger partial charge in [0.05, 0.1) is 10.9 Å². The van der Waals surface area contributed by atoms with Gasteiger partial charge in [0.15, 0.2) is 11.6 Å². The lowest BCUT2D eigenvalue weighted by molar-refractivity contribution is 0.563. The molecule has 0 saturated carbocycles. The molecule has 0 unspecified atom stereocenters. The number of para-hydroxylation sites is 1. The smallest absolute Gasteiger partial charge is 0.259 e. The van der Waals surface area contributed by atoms with Gasteiger partial charge in [0.1, 0.15) is 11.4 Å². The number of H-pyrrole nitrogens is 1. The summed E-state index contributed by atoms with van der Waals surface area (Å²) in [5.41, 5.74) is 7.11. The average molecular weight is 352 g/mol. The number of rotatable bonds is 3. The fourth-order valence-electron chi connectivity index (χ4n) is 2.99. The topological polar surface area (TPSA) is 76.7 Å². The Labute approximate surface area is 146 Å². The number of nitrogens with two attached hydrogens (primary N) is 1. The highest BCUT2D eigenvalue weighted by Crippen LogP contribution is 2.29. The summed E-state index contributed by atoms with van der Waals surface area (Å²) < 4.78 is 29.7. The number of nitrogens with zero attached hydrogens (tertiary/aromatic N) is 2. The number of hydrogen-bond donors (Lipinski definition) is 2. The largest absolute Gasteiger partial charge is 0.328 e. The van der Waals surface area contributed by atoms with Gasteiger partial charge >= 0.3 is 0 Å². The first-order valence-electron chi connectivity index (χ1n) is 7.94. The molecule has 7 heteroatoms. The zero-order valence-electron chi connectivity index (χ0n) is 13.5. The molecule has 0 amide bonds. The molecule has 4 rings (SSSR count). The molecule has 0 spiro atoms. The Hall–Kier alpha value is -3.32. The molecule has 0 saturated heterocycles. The van der Waals surface area contributed by atoms with Crippen LogP contribution in [0.3, 0.4) is 0 Å². The Bertz CT molecular complexity index is 1160. The van der Waals surface area contributed by atoms with Crippen LogP contribution in [-0.2, 0) is 6.54 Å². The molecule has 26 heavy (non-hydrogen) atoms. The van der Waals surface area contributed by atoms with E-state index in [4.69, 9.17) is 5.73 Å². The maximum Gasteiger partial charge on any atom is 0.259 e. The van der Waals surface area contributed by atoms with E-state index in [9.17, 15) is 13.6 Å². The summed E-state index contributed by atoms with van der Waals surface area (Å²) in [6.07, 6.45) is 1.42. The van der Waals surface area contributed by atoms with E-state index in [1.54, 1.807) is 24.3 Å². The first-order valence-corrected chi connectivity index (χ1v) is 7.94. The Balaban J connectivity index is 2.09. The van der Waals surface area contributed by atoms with Crippen molar-refractivity contribution in [1.82, 2.24) is 14.8 Å². The lowest BCUT2D eigenvalue weighted by atomic mass is 10.1. The second-order valence-electron chi connectivity index (χ2n) is 5.80. The minimum atomic E-state index is -0.767. The number of hydrogen-bond acceptors (Lipinski definition) is 3. The van der Waals surface area contributed by atoms with E-state index in [1.165, 1.54) is 12.3 Å². The molecule has 2 aromatic carbocycles. The summed E-state index contributed by atoms with van der Waals surface area (Å²) in [4.78, 5) is 15.0. The SMILES string of the molecule is NCc1cccc(-c2nn(-c3c(F)cccc3F)c3cc[nH]c(=O)c23)c1. The number of pyridine rings is 1. The maximum absolute atomic E-state index is 14.3. The number of aromatic nitrogens is 3. The molecule has 3 N–H and O–H groups in total. The van der Waals surface area contributed by atoms with Crippen LogP contribution in [0.4, 0.5) is 8.78 Å². The number of halogens is 2. The van der Waals surface area contributed by atoms with Crippen LogP contribution in [0, 0.1) is 11.6 Å². The quantitative estimate of drug-likeness (QED) is 0.595. The van der Waals surface area contributed by atoms with Crippen molar-refractivity contribution in [1.29, 1.82) is 0 Å². The molecule has 5 nitrogen and oxygen atoms in total. The molecule has 130 valence electrons. The van der Waals surface area contributed by atoms with Crippen molar-refractivity contribution in [3.05, 3.63) is 82.3 Å². The lowest BCUT2D eigenvalue weighted by Gasteiger charge is -2.06. The highest BCUT2D eigenvalue weighted by Gasteiger charge is 2.20. The molecule has 2 aromatic heterocycles. The third-order valence-electron chi connectivity index (χ3n) is 4.19. The Morgan fingerprint density at radius 2 is 1.81 bits per heavy atom. The molecule has 0 bridgehead atoms. The predicted molar refractivity (Wildman–Crippen MR) is 94.9 cm³/mol. The van der Waals surface area contributed by atoms with E-state index in [2.05, 4.69) is 10.1 Å². The van der Waals surface area contributed by atoms with Crippen molar-refractivity contribution in [2.75, 3.05) is 0 Å². The first kappa shape index (κ1) is 16.2. The number of benzene rings is 2. The summed E-state index contributed by atoms with van der Waals surface area (Å²) in [6, 6.07) is 12.4. The van der Waals surface area contributed by atoms with Crippen molar-refractivity contribution in [3.8, 4) is 16.9 Å². The van der Waals surface area contributed by atoms with Crippen LogP contribution in [0.2, 0.25) is 0 Å². The molecular weight excluding hydrogens is 338 g/mol. The monoisotopic (exact) mass is 352 g/mol. The molecular formula is C19H14F2N4O. The summed E-state index contributed by atoms with van der Waals surface area (Å²) in [5.74, 6) is -1.53. The minimum Gasteiger partial charge on any atom is -0.328 e. The van der Waals surface area contributed by atoms with Gasteiger partial charge in [0, 0.05) is 18.3 Å². The molecule has 4 aromatic rings. The second kappa shape index (κ2) is 6.20. The van der Waals surface area contributed by atoms with E-state index in [-0.39, 0.29) is 11.1 Å². The van der Waals surface area contributed by atoms with Gasteiger partial charge in [-0.2, -0.15) is 5.10 Å². The molecule has 0 aliphatic rings. The number of aromatic amines is 1. The third kappa shape index (κ3) is 2.49. The third-order valence-corrected chi connectivity index (χ3v) is 4.19. The van der Waals surface area contributed by atoms with Crippen LogP contribution >= 0.6 is 0 Å². The summed E-state index contributed by atoms with van der Waals surface area (Å²) in [6.45, 7) is 0.324. The van der Waals surface area contributed by atoms with Crippen LogP contribution in [0.25, 0.3) is 27.8 Å². The van der Waals surface area contributed by atoms with Crippen LogP contribution < -0.4 is 11.3 Å². The first-order chi connectivity index (χ1) is 12.6. The summed E-state index contributed by atoms with van der Waals surface area (Å²) >= 11 is 0. The van der Waals surface area contributed by atoms with Gasteiger partial charge < -0.3 is 10.7 Å². The highest BCUT2D eigenvalue weighted by atomic mass is 19.1. The molecule has 0 atom stereocenters. The zero-order chi connectivity index (χ0) is 18.3. The van der Waals surface area contributed by atoms with E-state index in [0.29, 0.717) is 23.3 Å². The Kier molecular flexibility index (Phi) is 3.85. The fraction of sp³-hybridized carbons (Fsp3) is 0.0526. The predicted octanol–water partition coefficient (Wildman–Crippen LogP) is 3.12. The van der Waals surface area contributed by atoms with Gasteiger partial charge in [0.25, 0.3) is 5.56 Å². The van der Waals surface area contributed by atoms with Gasteiger partial charge in [-0.25, -0.2) is 13.5 Å². The van der Waals surface area contributed by atoms with E-state index >= 15 is 0 Å². The van der Waals surface area contributed by atoms with Crippen LogP contribution in [-0.4, -0.2) is 14.8 Å². The zero-order valence-corrected chi connectivity index (χ0v) is 13.5. The number of nitrogens with one attached hydrogen (secondary N) is 1. The molecule has 0 aliphatic heterocycles.